The van der Waals surface area contributed by atoms with Gasteiger partial charge in [-0.3, -0.25) is 0 Å². The Balaban J connectivity index is 1.98. The van der Waals surface area contributed by atoms with Crippen LogP contribution in [0.4, 0.5) is 0 Å². The fraction of sp³-hybridized carbons (Fsp3) is 0.636. The maximum Gasteiger partial charge on any atom is 0.193 e. The van der Waals surface area contributed by atoms with Crippen molar-refractivity contribution in [1.29, 1.82) is 0 Å². The van der Waals surface area contributed by atoms with Gasteiger partial charge in [0.25, 0.3) is 0 Å². The molecule has 15 heavy (non-hydrogen) atoms. The van der Waals surface area contributed by atoms with Crippen LogP contribution in [0.5, 0.6) is 0 Å². The summed E-state index contributed by atoms with van der Waals surface area (Å²) in [6, 6.07) is 4.05. The molecule has 0 bridgehead atoms. The Hall–Kier alpha value is -0.120. The van der Waals surface area contributed by atoms with E-state index in [-0.39, 0.29) is 0 Å². The lowest BCUT2D eigenvalue weighted by atomic mass is 10.2. The number of thioether (sulfide) groups is 1. The van der Waals surface area contributed by atoms with Crippen molar-refractivity contribution in [3.8, 4) is 0 Å². The van der Waals surface area contributed by atoms with Crippen molar-refractivity contribution in [2.24, 2.45) is 5.73 Å². The first kappa shape index (κ1) is 12.9. The molecule has 2 nitrogen and oxygen atoms in total. The molecule has 0 spiro atoms. The van der Waals surface area contributed by atoms with E-state index >= 15 is 0 Å². The Morgan fingerprint density at radius 3 is 2.87 bits per heavy atom. The predicted octanol–water partition coefficient (Wildman–Crippen LogP) is 3.68. The Bertz CT molecular complexity index is 275. The minimum Gasteiger partial charge on any atom is -0.449 e. The van der Waals surface area contributed by atoms with Crippen molar-refractivity contribution in [2.45, 2.75) is 38.0 Å². The summed E-state index contributed by atoms with van der Waals surface area (Å²) in [5.74, 6) is 3.02. The van der Waals surface area contributed by atoms with Gasteiger partial charge in [-0.1, -0.05) is 6.42 Å². The molecule has 86 valence electrons. The third-order valence-electron chi connectivity index (χ3n) is 2.07. The molecule has 0 saturated heterocycles. The maximum atomic E-state index is 5.67. The van der Waals surface area contributed by atoms with Crippen molar-refractivity contribution >= 4 is 23.4 Å². The van der Waals surface area contributed by atoms with Crippen LogP contribution in [0, 0.1) is 0 Å². The first-order valence-electron chi connectivity index (χ1n) is 5.26. The van der Waals surface area contributed by atoms with E-state index in [0.717, 1.165) is 23.7 Å². The minimum atomic E-state index is 0.332. The molecular weight excluding hydrogens is 230 g/mol. The van der Waals surface area contributed by atoms with Crippen LogP contribution in [-0.2, 0) is 5.75 Å². The molecule has 0 amide bonds. The number of unbranched alkanes of at least 4 members (excludes halogenated alkanes) is 1. The molecule has 4 heteroatoms. The largest absolute Gasteiger partial charge is 0.449 e. The molecule has 0 aliphatic carbocycles. The highest BCUT2D eigenvalue weighted by atomic mass is 35.5. The van der Waals surface area contributed by atoms with E-state index in [1.807, 2.05) is 17.8 Å². The van der Waals surface area contributed by atoms with Gasteiger partial charge in [-0.2, -0.15) is 11.8 Å². The van der Waals surface area contributed by atoms with Gasteiger partial charge in [-0.25, -0.2) is 0 Å². The van der Waals surface area contributed by atoms with Crippen molar-refractivity contribution in [3.05, 3.63) is 23.1 Å². The SMILES string of the molecule is CC(N)CCCCSCc1ccc(Cl)o1. The van der Waals surface area contributed by atoms with Crippen LogP contribution < -0.4 is 5.73 Å². The van der Waals surface area contributed by atoms with Crippen LogP contribution in [0.25, 0.3) is 0 Å². The number of halogens is 1. The molecular formula is C11H18ClNOS. The highest BCUT2D eigenvalue weighted by molar-refractivity contribution is 7.98. The van der Waals surface area contributed by atoms with Crippen LogP contribution >= 0.6 is 23.4 Å². The highest BCUT2D eigenvalue weighted by Gasteiger charge is 2.00. The number of hydrogen-bond donors (Lipinski definition) is 1. The van der Waals surface area contributed by atoms with E-state index in [9.17, 15) is 0 Å². The molecule has 1 unspecified atom stereocenters. The fourth-order valence-electron chi connectivity index (χ4n) is 1.27. The third kappa shape index (κ3) is 6.13. The van der Waals surface area contributed by atoms with Crippen LogP contribution in [0.3, 0.4) is 0 Å². The quantitative estimate of drug-likeness (QED) is 0.747. The summed E-state index contributed by atoms with van der Waals surface area (Å²) >= 11 is 7.55. The Morgan fingerprint density at radius 2 is 2.27 bits per heavy atom. The van der Waals surface area contributed by atoms with Crippen molar-refractivity contribution < 1.29 is 4.42 Å². The molecule has 1 aromatic rings. The second-order valence-electron chi connectivity index (χ2n) is 3.73. The van der Waals surface area contributed by atoms with Gasteiger partial charge >= 0.3 is 0 Å². The maximum absolute atomic E-state index is 5.67. The summed E-state index contributed by atoms with van der Waals surface area (Å²) in [4.78, 5) is 0. The topological polar surface area (TPSA) is 39.2 Å². The molecule has 2 N–H and O–H groups in total. The van der Waals surface area contributed by atoms with Crippen molar-refractivity contribution in [1.82, 2.24) is 0 Å². The van der Waals surface area contributed by atoms with Crippen LogP contribution in [0.2, 0.25) is 5.22 Å². The first-order chi connectivity index (χ1) is 7.18. The van der Waals surface area contributed by atoms with Gasteiger partial charge < -0.3 is 10.2 Å². The van der Waals surface area contributed by atoms with E-state index in [4.69, 9.17) is 21.8 Å². The van der Waals surface area contributed by atoms with Crippen LogP contribution in [0.1, 0.15) is 31.9 Å². The molecule has 0 radical (unpaired) electrons. The zero-order chi connectivity index (χ0) is 11.1. The fourth-order valence-corrected chi connectivity index (χ4v) is 2.34. The van der Waals surface area contributed by atoms with E-state index in [1.54, 1.807) is 6.07 Å². The zero-order valence-electron chi connectivity index (χ0n) is 9.04. The van der Waals surface area contributed by atoms with E-state index in [1.165, 1.54) is 12.8 Å². The summed E-state index contributed by atoms with van der Waals surface area (Å²) in [5, 5.41) is 0.475. The molecule has 1 rings (SSSR count). The van der Waals surface area contributed by atoms with Gasteiger partial charge in [0, 0.05) is 6.04 Å². The molecule has 0 aliphatic heterocycles. The standard InChI is InChI=1S/C11H18ClNOS/c1-9(13)4-2-3-7-15-8-10-5-6-11(12)14-10/h5-6,9H,2-4,7-8,13H2,1H3. The van der Waals surface area contributed by atoms with Gasteiger partial charge in [-0.15, -0.1) is 0 Å². The number of hydrogen-bond acceptors (Lipinski definition) is 3. The van der Waals surface area contributed by atoms with E-state index < -0.39 is 0 Å². The molecule has 0 aliphatic rings. The summed E-state index contributed by atoms with van der Waals surface area (Å²) in [5.41, 5.74) is 5.66. The third-order valence-corrected chi connectivity index (χ3v) is 3.34. The highest BCUT2D eigenvalue weighted by Crippen LogP contribution is 2.19. The number of furan rings is 1. The Morgan fingerprint density at radius 1 is 1.47 bits per heavy atom. The number of rotatable bonds is 7. The Kier molecular flexibility index (Phi) is 6.22. The molecule has 0 saturated carbocycles. The molecule has 0 aromatic carbocycles. The number of nitrogens with two attached hydrogens (primary N) is 1. The monoisotopic (exact) mass is 247 g/mol. The van der Waals surface area contributed by atoms with Gasteiger partial charge in [0.2, 0.25) is 0 Å². The second kappa shape index (κ2) is 7.20. The average molecular weight is 248 g/mol. The van der Waals surface area contributed by atoms with Gasteiger partial charge in [0.15, 0.2) is 5.22 Å². The van der Waals surface area contributed by atoms with Crippen molar-refractivity contribution in [3.63, 3.8) is 0 Å². The predicted molar refractivity (Wildman–Crippen MR) is 67.4 cm³/mol. The zero-order valence-corrected chi connectivity index (χ0v) is 10.6. The van der Waals surface area contributed by atoms with E-state index in [0.29, 0.717) is 11.3 Å². The molecule has 1 heterocycles. The summed E-state index contributed by atoms with van der Waals surface area (Å²) < 4.78 is 5.25. The summed E-state index contributed by atoms with van der Waals surface area (Å²) in [6.07, 6.45) is 3.55. The van der Waals surface area contributed by atoms with E-state index in [2.05, 4.69) is 6.92 Å². The lowest BCUT2D eigenvalue weighted by molar-refractivity contribution is 0.532. The van der Waals surface area contributed by atoms with Crippen molar-refractivity contribution in [2.75, 3.05) is 5.75 Å². The van der Waals surface area contributed by atoms with Gasteiger partial charge in [-0.05, 0) is 49.3 Å². The molecule has 0 fully saturated rings. The van der Waals surface area contributed by atoms with Crippen LogP contribution in [0.15, 0.2) is 16.5 Å². The lowest BCUT2D eigenvalue weighted by Crippen LogP contribution is -2.14. The smallest absolute Gasteiger partial charge is 0.193 e. The van der Waals surface area contributed by atoms with Gasteiger partial charge in [0.05, 0.1) is 5.75 Å². The Labute approximate surface area is 101 Å². The van der Waals surface area contributed by atoms with Gasteiger partial charge in [0.1, 0.15) is 5.76 Å². The second-order valence-corrected chi connectivity index (χ2v) is 5.21. The summed E-state index contributed by atoms with van der Waals surface area (Å²) in [6.45, 7) is 2.05. The summed E-state index contributed by atoms with van der Waals surface area (Å²) in [7, 11) is 0. The molecule has 1 atom stereocenters. The first-order valence-corrected chi connectivity index (χ1v) is 6.79. The van der Waals surface area contributed by atoms with Crippen LogP contribution in [-0.4, -0.2) is 11.8 Å². The average Bonchev–Trinajstić information content (AvgIpc) is 2.57. The minimum absolute atomic E-state index is 0.332. The lowest BCUT2D eigenvalue weighted by Gasteiger charge is -2.03. The normalized spacial score (nSPS) is 13.0. The molecule has 1 aromatic heterocycles.